The van der Waals surface area contributed by atoms with Gasteiger partial charge in [0.05, 0.1) is 18.3 Å². The van der Waals surface area contributed by atoms with E-state index in [4.69, 9.17) is 0 Å². The van der Waals surface area contributed by atoms with E-state index in [0.717, 1.165) is 31.2 Å². The quantitative estimate of drug-likeness (QED) is 0.941. The molecule has 0 saturated carbocycles. The first-order valence-electron chi connectivity index (χ1n) is 7.23. The van der Waals surface area contributed by atoms with Gasteiger partial charge in [0.25, 0.3) is 0 Å². The molecule has 112 valence electrons. The van der Waals surface area contributed by atoms with Gasteiger partial charge in [0.1, 0.15) is 11.6 Å². The maximum atomic E-state index is 13.2. The third kappa shape index (κ3) is 2.84. The predicted octanol–water partition coefficient (Wildman–Crippen LogP) is 2.19. The number of aromatic nitrogens is 2. The minimum absolute atomic E-state index is 0.313. The normalized spacial score (nSPS) is 16.8. The Kier molecular flexibility index (Phi) is 3.78. The van der Waals surface area contributed by atoms with Crippen molar-refractivity contribution in [2.24, 2.45) is 0 Å². The summed E-state index contributed by atoms with van der Waals surface area (Å²) < 4.78 is 15.4. The van der Waals surface area contributed by atoms with Gasteiger partial charge >= 0.3 is 0 Å². The highest BCUT2D eigenvalue weighted by molar-refractivity contribution is 5.19. The van der Waals surface area contributed by atoms with Crippen molar-refractivity contribution in [2.75, 3.05) is 13.1 Å². The van der Waals surface area contributed by atoms with E-state index < -0.39 is 6.10 Å². The summed E-state index contributed by atoms with van der Waals surface area (Å²) >= 11 is 0. The maximum absolute atomic E-state index is 13.2. The third-order valence-corrected chi connectivity index (χ3v) is 4.21. The topological polar surface area (TPSA) is 41.3 Å². The molecule has 1 aliphatic rings. The molecule has 2 aromatic rings. The molecule has 3 rings (SSSR count). The second-order valence-corrected chi connectivity index (χ2v) is 5.66. The number of imidazole rings is 1. The van der Waals surface area contributed by atoms with E-state index in [2.05, 4.69) is 21.4 Å². The van der Waals surface area contributed by atoms with Crippen molar-refractivity contribution in [3.63, 3.8) is 0 Å². The molecule has 1 aromatic heterocycles. The minimum Gasteiger partial charge on any atom is -0.387 e. The van der Waals surface area contributed by atoms with Crippen molar-refractivity contribution in [1.82, 2.24) is 14.5 Å². The molecule has 0 spiro atoms. The monoisotopic (exact) mass is 289 g/mol. The van der Waals surface area contributed by atoms with Crippen LogP contribution in [-0.4, -0.2) is 32.6 Å². The lowest BCUT2D eigenvalue weighted by Gasteiger charge is -2.29. The fourth-order valence-electron chi connectivity index (χ4n) is 2.88. The van der Waals surface area contributed by atoms with Crippen LogP contribution >= 0.6 is 0 Å². The lowest BCUT2D eigenvalue weighted by Crippen LogP contribution is -2.36. The number of halogens is 1. The molecular weight excluding hydrogens is 269 g/mol. The van der Waals surface area contributed by atoms with E-state index in [1.54, 1.807) is 12.1 Å². The Labute approximate surface area is 123 Å². The van der Waals surface area contributed by atoms with Crippen LogP contribution in [0.4, 0.5) is 4.39 Å². The third-order valence-electron chi connectivity index (χ3n) is 4.21. The molecular formula is C16H20FN3O. The highest BCUT2D eigenvalue weighted by atomic mass is 19.1. The summed E-state index contributed by atoms with van der Waals surface area (Å²) in [5.41, 5.74) is 2.91. The fourth-order valence-corrected chi connectivity index (χ4v) is 2.88. The van der Waals surface area contributed by atoms with Crippen molar-refractivity contribution < 1.29 is 9.50 Å². The van der Waals surface area contributed by atoms with Gasteiger partial charge < -0.3 is 9.67 Å². The van der Waals surface area contributed by atoms with E-state index in [0.29, 0.717) is 12.1 Å². The summed E-state index contributed by atoms with van der Waals surface area (Å²) in [5, 5.41) is 10.3. The van der Waals surface area contributed by atoms with Crippen molar-refractivity contribution in [2.45, 2.75) is 33.0 Å². The molecule has 0 saturated heterocycles. The van der Waals surface area contributed by atoms with Gasteiger partial charge in [0.15, 0.2) is 0 Å². The number of aliphatic hydroxyl groups excluding tert-OH is 1. The molecule has 1 aromatic carbocycles. The molecule has 0 aliphatic carbocycles. The number of β-amino-alcohol motifs (C(OH)–C–C–N with tert-alkyl or cyclic N) is 1. The maximum Gasteiger partial charge on any atom is 0.123 e. The predicted molar refractivity (Wildman–Crippen MR) is 78.3 cm³/mol. The van der Waals surface area contributed by atoms with Crippen molar-refractivity contribution >= 4 is 0 Å². The smallest absolute Gasteiger partial charge is 0.123 e. The number of benzene rings is 1. The molecule has 0 amide bonds. The van der Waals surface area contributed by atoms with Gasteiger partial charge in [-0.2, -0.15) is 0 Å². The van der Waals surface area contributed by atoms with Gasteiger partial charge in [-0.05, 0) is 31.5 Å². The van der Waals surface area contributed by atoms with Gasteiger partial charge in [0.2, 0.25) is 0 Å². The first kappa shape index (κ1) is 14.2. The molecule has 0 radical (unpaired) electrons. The summed E-state index contributed by atoms with van der Waals surface area (Å²) in [6, 6.07) is 6.17. The Morgan fingerprint density at radius 2 is 2.14 bits per heavy atom. The molecule has 0 fully saturated rings. The summed E-state index contributed by atoms with van der Waals surface area (Å²) in [4.78, 5) is 6.74. The van der Waals surface area contributed by atoms with Crippen molar-refractivity contribution in [3.8, 4) is 0 Å². The Morgan fingerprint density at radius 1 is 1.33 bits per heavy atom. The molecule has 5 heteroatoms. The molecule has 0 bridgehead atoms. The van der Waals surface area contributed by atoms with Gasteiger partial charge in [-0.1, -0.05) is 12.1 Å². The molecule has 0 unspecified atom stereocenters. The Hall–Kier alpha value is -1.72. The van der Waals surface area contributed by atoms with E-state index in [1.807, 2.05) is 6.92 Å². The summed E-state index contributed by atoms with van der Waals surface area (Å²) in [5.74, 6) is 0.731. The summed E-state index contributed by atoms with van der Waals surface area (Å²) in [6.45, 7) is 7.08. The van der Waals surface area contributed by atoms with Crippen LogP contribution < -0.4 is 0 Å². The number of aliphatic hydroxyl groups is 1. The van der Waals surface area contributed by atoms with E-state index in [-0.39, 0.29) is 5.82 Å². The summed E-state index contributed by atoms with van der Waals surface area (Å²) in [7, 11) is 0. The minimum atomic E-state index is -0.676. The lowest BCUT2D eigenvalue weighted by atomic mass is 10.1. The number of nitrogens with zero attached hydrogens (tertiary/aromatic N) is 3. The zero-order valence-electron chi connectivity index (χ0n) is 12.4. The Morgan fingerprint density at radius 3 is 2.90 bits per heavy atom. The number of aryl methyl sites for hydroxylation is 1. The second kappa shape index (κ2) is 5.58. The first-order chi connectivity index (χ1) is 10.0. The van der Waals surface area contributed by atoms with Crippen LogP contribution in [0.3, 0.4) is 0 Å². The van der Waals surface area contributed by atoms with Gasteiger partial charge in [-0.3, -0.25) is 4.90 Å². The molecule has 2 heterocycles. The summed E-state index contributed by atoms with van der Waals surface area (Å²) in [6.07, 6.45) is -0.676. The average Bonchev–Trinajstić information content (AvgIpc) is 2.73. The second-order valence-electron chi connectivity index (χ2n) is 5.66. The molecule has 1 N–H and O–H groups in total. The van der Waals surface area contributed by atoms with E-state index in [1.165, 1.54) is 17.8 Å². The highest BCUT2D eigenvalue weighted by Crippen LogP contribution is 2.20. The number of hydrogen-bond acceptors (Lipinski definition) is 3. The van der Waals surface area contributed by atoms with Gasteiger partial charge in [0, 0.05) is 25.3 Å². The van der Waals surface area contributed by atoms with E-state index in [9.17, 15) is 9.50 Å². The van der Waals surface area contributed by atoms with Crippen molar-refractivity contribution in [3.05, 3.63) is 52.9 Å². The van der Waals surface area contributed by atoms with Crippen LogP contribution in [0.5, 0.6) is 0 Å². The first-order valence-corrected chi connectivity index (χ1v) is 7.23. The average molecular weight is 289 g/mol. The highest BCUT2D eigenvalue weighted by Gasteiger charge is 2.22. The van der Waals surface area contributed by atoms with Crippen LogP contribution in [0.15, 0.2) is 24.3 Å². The molecule has 1 atom stereocenters. The standard InChI is InChI=1S/C16H20FN3O/c1-11-12(2)20-7-6-19(10-16(20)18-11)9-15(21)13-4-3-5-14(17)8-13/h3-5,8,15,21H,6-7,9-10H2,1-2H3/t15-/m1/s1. The van der Waals surface area contributed by atoms with Crippen LogP contribution in [-0.2, 0) is 13.1 Å². The number of fused-ring (bicyclic) bond motifs is 1. The van der Waals surface area contributed by atoms with Gasteiger partial charge in [-0.25, -0.2) is 9.37 Å². The molecule has 1 aliphatic heterocycles. The van der Waals surface area contributed by atoms with Crippen LogP contribution in [0.2, 0.25) is 0 Å². The Balaban J connectivity index is 1.69. The molecule has 21 heavy (non-hydrogen) atoms. The number of hydrogen-bond donors (Lipinski definition) is 1. The Bertz CT molecular complexity index is 653. The largest absolute Gasteiger partial charge is 0.387 e. The number of rotatable bonds is 3. The van der Waals surface area contributed by atoms with Crippen molar-refractivity contribution in [1.29, 1.82) is 0 Å². The van der Waals surface area contributed by atoms with Crippen LogP contribution in [0, 0.1) is 19.7 Å². The van der Waals surface area contributed by atoms with Gasteiger partial charge in [-0.15, -0.1) is 0 Å². The SMILES string of the molecule is Cc1nc2n(c1C)CCN(C[C@@H](O)c1cccc(F)c1)C2. The molecule has 4 nitrogen and oxygen atoms in total. The zero-order valence-corrected chi connectivity index (χ0v) is 12.4. The zero-order chi connectivity index (χ0) is 15.0. The lowest BCUT2D eigenvalue weighted by molar-refractivity contribution is 0.0958. The fraction of sp³-hybridized carbons (Fsp3) is 0.438. The van der Waals surface area contributed by atoms with Crippen LogP contribution in [0.25, 0.3) is 0 Å². The van der Waals surface area contributed by atoms with Crippen LogP contribution in [0.1, 0.15) is 28.9 Å². The van der Waals surface area contributed by atoms with E-state index >= 15 is 0 Å².